The van der Waals surface area contributed by atoms with Gasteiger partial charge < -0.3 is 10.4 Å². The van der Waals surface area contributed by atoms with Crippen LogP contribution < -0.4 is 5.32 Å². The summed E-state index contributed by atoms with van der Waals surface area (Å²) < 4.78 is 27.0. The predicted octanol–water partition coefficient (Wildman–Crippen LogP) is 2.59. The number of aliphatic hydroxyl groups excluding tert-OH is 1. The zero-order valence-electron chi connectivity index (χ0n) is 11.6. The van der Waals surface area contributed by atoms with Crippen LogP contribution >= 0.6 is 0 Å². The molecule has 0 saturated heterocycles. The van der Waals surface area contributed by atoms with E-state index in [1.54, 1.807) is 6.07 Å². The van der Waals surface area contributed by atoms with Gasteiger partial charge in [0.1, 0.15) is 0 Å². The van der Waals surface area contributed by atoms with Crippen molar-refractivity contribution in [3.63, 3.8) is 0 Å². The molecule has 1 aromatic heterocycles. The van der Waals surface area contributed by atoms with Crippen LogP contribution in [0.25, 0.3) is 0 Å². The van der Waals surface area contributed by atoms with E-state index < -0.39 is 17.6 Å². The van der Waals surface area contributed by atoms with Crippen LogP contribution in [0.4, 0.5) is 14.5 Å². The Labute approximate surface area is 125 Å². The molecule has 6 heteroatoms. The summed E-state index contributed by atoms with van der Waals surface area (Å²) in [5.74, 6) is -2.79. The highest BCUT2D eigenvalue weighted by Crippen LogP contribution is 2.49. The summed E-state index contributed by atoms with van der Waals surface area (Å²) in [5, 5.41) is 11.9. The second-order valence-corrected chi connectivity index (χ2v) is 5.27. The van der Waals surface area contributed by atoms with Gasteiger partial charge in [0, 0.05) is 17.7 Å². The van der Waals surface area contributed by atoms with Crippen LogP contribution in [-0.2, 0) is 11.4 Å². The smallest absolute Gasteiger partial charge is 0.228 e. The van der Waals surface area contributed by atoms with Crippen molar-refractivity contribution in [2.75, 3.05) is 5.32 Å². The zero-order chi connectivity index (χ0) is 15.7. The first-order valence-corrected chi connectivity index (χ1v) is 6.90. The normalized spacial score (nSPS) is 19.8. The van der Waals surface area contributed by atoms with Crippen LogP contribution in [0.5, 0.6) is 0 Å². The first-order valence-electron chi connectivity index (χ1n) is 6.90. The minimum absolute atomic E-state index is 0.218. The second kappa shape index (κ2) is 5.81. The molecular formula is C16H14F2N2O2. The van der Waals surface area contributed by atoms with Crippen LogP contribution in [0.2, 0.25) is 0 Å². The van der Waals surface area contributed by atoms with E-state index in [1.807, 2.05) is 0 Å². The highest BCUT2D eigenvalue weighted by atomic mass is 19.2. The van der Waals surface area contributed by atoms with Gasteiger partial charge in [-0.2, -0.15) is 0 Å². The number of rotatable bonds is 4. The van der Waals surface area contributed by atoms with Crippen LogP contribution in [0.1, 0.15) is 23.5 Å². The van der Waals surface area contributed by atoms with E-state index in [9.17, 15) is 18.7 Å². The summed E-state index contributed by atoms with van der Waals surface area (Å²) in [5.41, 5.74) is 1.21. The van der Waals surface area contributed by atoms with Gasteiger partial charge in [0.05, 0.1) is 18.5 Å². The molecule has 1 saturated carbocycles. The van der Waals surface area contributed by atoms with E-state index in [0.717, 1.165) is 6.07 Å². The third kappa shape index (κ3) is 2.69. The molecule has 1 fully saturated rings. The van der Waals surface area contributed by atoms with E-state index in [1.165, 1.54) is 24.5 Å². The minimum Gasteiger partial charge on any atom is -0.392 e. The number of aromatic nitrogens is 1. The number of anilines is 1. The predicted molar refractivity (Wildman–Crippen MR) is 76.0 cm³/mol. The number of benzene rings is 1. The van der Waals surface area contributed by atoms with Crippen LogP contribution in [0.3, 0.4) is 0 Å². The van der Waals surface area contributed by atoms with E-state index in [4.69, 9.17) is 0 Å². The minimum atomic E-state index is -0.904. The maximum Gasteiger partial charge on any atom is 0.228 e. The van der Waals surface area contributed by atoms with Gasteiger partial charge in [-0.25, -0.2) is 8.78 Å². The summed E-state index contributed by atoms with van der Waals surface area (Å²) in [6.07, 6.45) is 3.44. The largest absolute Gasteiger partial charge is 0.392 e. The molecule has 114 valence electrons. The lowest BCUT2D eigenvalue weighted by molar-refractivity contribution is -0.117. The Balaban J connectivity index is 1.72. The van der Waals surface area contributed by atoms with E-state index in [0.29, 0.717) is 17.7 Å². The molecule has 2 atom stereocenters. The summed E-state index contributed by atoms with van der Waals surface area (Å²) in [4.78, 5) is 16.1. The van der Waals surface area contributed by atoms with Crippen LogP contribution in [-0.4, -0.2) is 16.0 Å². The molecule has 1 aliphatic rings. The van der Waals surface area contributed by atoms with Crippen molar-refractivity contribution in [3.8, 4) is 0 Å². The quantitative estimate of drug-likeness (QED) is 0.912. The molecular weight excluding hydrogens is 290 g/mol. The summed E-state index contributed by atoms with van der Waals surface area (Å²) in [6.45, 7) is -0.218. The Morgan fingerprint density at radius 2 is 2.18 bits per heavy atom. The van der Waals surface area contributed by atoms with Gasteiger partial charge in [-0.05, 0) is 30.0 Å². The maximum atomic E-state index is 13.7. The molecule has 4 nitrogen and oxygen atoms in total. The Morgan fingerprint density at radius 1 is 1.36 bits per heavy atom. The van der Waals surface area contributed by atoms with E-state index in [2.05, 4.69) is 10.3 Å². The molecule has 0 spiro atoms. The number of carbonyl (C=O) groups is 1. The number of nitrogens with one attached hydrogen (secondary N) is 1. The van der Waals surface area contributed by atoms with Gasteiger partial charge >= 0.3 is 0 Å². The van der Waals surface area contributed by atoms with Gasteiger partial charge in [0.25, 0.3) is 0 Å². The zero-order valence-corrected chi connectivity index (χ0v) is 11.6. The standard InChI is InChI=1S/C16H14F2N2O2/c17-13-3-1-2-10(15(13)18)11-6-12(11)16(22)20-14-7-19-5-4-9(14)8-21/h1-5,7,11-12,21H,6,8H2,(H,20,22). The van der Waals surface area contributed by atoms with Gasteiger partial charge in [-0.15, -0.1) is 0 Å². The molecule has 1 aliphatic carbocycles. The molecule has 0 radical (unpaired) electrons. The van der Waals surface area contributed by atoms with E-state index >= 15 is 0 Å². The fraction of sp³-hybridized carbons (Fsp3) is 0.250. The Kier molecular flexibility index (Phi) is 3.85. The number of hydrogen-bond donors (Lipinski definition) is 2. The monoisotopic (exact) mass is 304 g/mol. The Bertz CT molecular complexity index is 721. The summed E-state index contributed by atoms with van der Waals surface area (Å²) in [7, 11) is 0. The average molecular weight is 304 g/mol. The third-order valence-corrected chi connectivity index (χ3v) is 3.85. The topological polar surface area (TPSA) is 62.2 Å². The van der Waals surface area contributed by atoms with Crippen molar-refractivity contribution < 1.29 is 18.7 Å². The first-order chi connectivity index (χ1) is 10.6. The molecule has 1 heterocycles. The van der Waals surface area contributed by atoms with Crippen molar-refractivity contribution in [2.45, 2.75) is 18.9 Å². The van der Waals surface area contributed by atoms with Crippen LogP contribution in [0, 0.1) is 17.6 Å². The van der Waals surface area contributed by atoms with Crippen molar-refractivity contribution in [3.05, 3.63) is 59.4 Å². The second-order valence-electron chi connectivity index (χ2n) is 5.27. The van der Waals surface area contributed by atoms with Gasteiger partial charge in [-0.1, -0.05) is 12.1 Å². The maximum absolute atomic E-state index is 13.7. The number of aliphatic hydroxyl groups is 1. The van der Waals surface area contributed by atoms with Gasteiger partial charge in [-0.3, -0.25) is 9.78 Å². The van der Waals surface area contributed by atoms with Crippen molar-refractivity contribution in [1.82, 2.24) is 4.98 Å². The molecule has 1 aromatic carbocycles. The number of halogens is 2. The van der Waals surface area contributed by atoms with Gasteiger partial charge in [0.15, 0.2) is 11.6 Å². The number of hydrogen-bond acceptors (Lipinski definition) is 3. The highest BCUT2D eigenvalue weighted by Gasteiger charge is 2.45. The lowest BCUT2D eigenvalue weighted by Crippen LogP contribution is -2.16. The molecule has 2 unspecified atom stereocenters. The molecule has 1 amide bonds. The molecule has 3 rings (SSSR count). The van der Waals surface area contributed by atoms with Gasteiger partial charge in [0.2, 0.25) is 5.91 Å². The first kappa shape index (κ1) is 14.6. The number of pyridine rings is 1. The number of amides is 1. The lowest BCUT2D eigenvalue weighted by atomic mass is 10.1. The van der Waals surface area contributed by atoms with Crippen LogP contribution in [0.15, 0.2) is 36.7 Å². The van der Waals surface area contributed by atoms with Crippen molar-refractivity contribution in [2.24, 2.45) is 5.92 Å². The SMILES string of the molecule is O=C(Nc1cnccc1CO)C1CC1c1cccc(F)c1F. The molecule has 0 aliphatic heterocycles. The molecule has 2 aromatic rings. The Hall–Kier alpha value is -2.34. The average Bonchev–Trinajstić information content (AvgIpc) is 3.31. The summed E-state index contributed by atoms with van der Waals surface area (Å²) in [6, 6.07) is 5.59. The molecule has 0 bridgehead atoms. The molecule has 22 heavy (non-hydrogen) atoms. The lowest BCUT2D eigenvalue weighted by Gasteiger charge is -2.09. The third-order valence-electron chi connectivity index (χ3n) is 3.85. The Morgan fingerprint density at radius 3 is 2.95 bits per heavy atom. The summed E-state index contributed by atoms with van der Waals surface area (Å²) >= 11 is 0. The van der Waals surface area contributed by atoms with Crippen molar-refractivity contribution >= 4 is 11.6 Å². The van der Waals surface area contributed by atoms with Crippen molar-refractivity contribution in [1.29, 1.82) is 0 Å². The number of nitrogens with zero attached hydrogens (tertiary/aromatic N) is 1. The number of carbonyl (C=O) groups excluding carboxylic acids is 1. The molecule has 2 N–H and O–H groups in total. The highest BCUT2D eigenvalue weighted by molar-refractivity contribution is 5.95. The van der Waals surface area contributed by atoms with E-state index in [-0.39, 0.29) is 24.0 Å². The fourth-order valence-electron chi connectivity index (χ4n) is 2.53. The fourth-order valence-corrected chi connectivity index (χ4v) is 2.53.